The molecule has 1 rings (SSSR count). The first-order valence-corrected chi connectivity index (χ1v) is 8.41. The second-order valence-electron chi connectivity index (χ2n) is 5.17. The molecule has 0 aliphatic carbocycles. The normalized spacial score (nSPS) is 13.6. The Morgan fingerprint density at radius 2 is 1.60 bits per heavy atom. The quantitative estimate of drug-likeness (QED) is 0.587. The first-order valence-electron chi connectivity index (χ1n) is 6.58. The van der Waals surface area contributed by atoms with Crippen LogP contribution >= 0.6 is 31.9 Å². The standard InChI is InChI=1S/C16H18Br2N2/c1-10(4-6-19)13-8-12(3)15(16(17)18)14(9-13)11(2)5-7-20/h8-11,16H,4-5H2,1-3H3. The van der Waals surface area contributed by atoms with Gasteiger partial charge in [-0.05, 0) is 41.0 Å². The smallest absolute Gasteiger partial charge is 0.0951 e. The molecule has 0 bridgehead atoms. The fourth-order valence-corrected chi connectivity index (χ4v) is 3.60. The molecule has 1 aromatic carbocycles. The Hall–Kier alpha value is -0.840. The van der Waals surface area contributed by atoms with Crippen LogP contribution in [-0.2, 0) is 0 Å². The van der Waals surface area contributed by atoms with Gasteiger partial charge in [0.15, 0.2) is 0 Å². The molecule has 1 aromatic rings. The van der Waals surface area contributed by atoms with Crippen LogP contribution < -0.4 is 0 Å². The van der Waals surface area contributed by atoms with E-state index in [1.807, 2.05) is 0 Å². The molecule has 0 spiro atoms. The molecule has 0 N–H and O–H groups in total. The van der Waals surface area contributed by atoms with E-state index in [1.165, 1.54) is 22.3 Å². The molecule has 0 heterocycles. The van der Waals surface area contributed by atoms with Gasteiger partial charge in [0.05, 0.1) is 15.9 Å². The molecule has 4 heteroatoms. The van der Waals surface area contributed by atoms with Crippen LogP contribution in [-0.4, -0.2) is 0 Å². The van der Waals surface area contributed by atoms with Crippen LogP contribution in [0.4, 0.5) is 0 Å². The van der Waals surface area contributed by atoms with Crippen LogP contribution in [0.1, 0.15) is 64.5 Å². The fourth-order valence-electron chi connectivity index (χ4n) is 2.35. The number of nitrogens with zero attached hydrogens (tertiary/aromatic N) is 2. The number of hydrogen-bond acceptors (Lipinski definition) is 2. The van der Waals surface area contributed by atoms with Crippen molar-refractivity contribution in [2.75, 3.05) is 0 Å². The molecule has 0 aliphatic rings. The molecular formula is C16H18Br2N2. The Balaban J connectivity index is 3.36. The van der Waals surface area contributed by atoms with Gasteiger partial charge in [-0.1, -0.05) is 57.8 Å². The summed E-state index contributed by atoms with van der Waals surface area (Å²) < 4.78 is 0.0754. The summed E-state index contributed by atoms with van der Waals surface area (Å²) in [6, 6.07) is 8.77. The van der Waals surface area contributed by atoms with Crippen LogP contribution in [0, 0.1) is 29.6 Å². The van der Waals surface area contributed by atoms with E-state index in [2.05, 4.69) is 76.9 Å². The summed E-state index contributed by atoms with van der Waals surface area (Å²) >= 11 is 7.15. The SMILES string of the molecule is Cc1cc(C(C)CC#N)cc(C(C)CC#N)c1C(Br)Br. The Morgan fingerprint density at radius 1 is 1.05 bits per heavy atom. The highest BCUT2D eigenvalue weighted by Gasteiger charge is 2.19. The first-order chi connectivity index (χ1) is 9.42. The Kier molecular flexibility index (Phi) is 6.72. The van der Waals surface area contributed by atoms with Crippen molar-refractivity contribution in [1.29, 1.82) is 10.5 Å². The number of hydrogen-bond donors (Lipinski definition) is 0. The zero-order chi connectivity index (χ0) is 15.3. The van der Waals surface area contributed by atoms with E-state index < -0.39 is 0 Å². The molecule has 0 aliphatic heterocycles. The molecule has 2 atom stereocenters. The number of benzene rings is 1. The molecule has 0 radical (unpaired) electrons. The van der Waals surface area contributed by atoms with Crippen molar-refractivity contribution in [2.45, 2.75) is 49.2 Å². The highest BCUT2D eigenvalue weighted by Crippen LogP contribution is 2.39. The zero-order valence-electron chi connectivity index (χ0n) is 12.0. The first kappa shape index (κ1) is 17.2. The lowest BCUT2D eigenvalue weighted by Crippen LogP contribution is -2.05. The number of nitriles is 2. The predicted octanol–water partition coefficient (Wildman–Crippen LogP) is 5.82. The van der Waals surface area contributed by atoms with Crippen LogP contribution in [0.2, 0.25) is 0 Å². The number of alkyl halides is 2. The van der Waals surface area contributed by atoms with Gasteiger partial charge in [-0.15, -0.1) is 0 Å². The number of halogens is 2. The Bertz CT molecular complexity index is 553. The third-order valence-electron chi connectivity index (χ3n) is 3.55. The largest absolute Gasteiger partial charge is 0.198 e. The van der Waals surface area contributed by atoms with Crippen molar-refractivity contribution in [3.05, 3.63) is 34.4 Å². The zero-order valence-corrected chi connectivity index (χ0v) is 15.1. The molecule has 0 amide bonds. The molecule has 0 saturated carbocycles. The molecule has 0 saturated heterocycles. The summed E-state index contributed by atoms with van der Waals surface area (Å²) in [4.78, 5) is 0. The highest BCUT2D eigenvalue weighted by molar-refractivity contribution is 9.24. The van der Waals surface area contributed by atoms with E-state index in [1.54, 1.807) is 0 Å². The van der Waals surface area contributed by atoms with Crippen molar-refractivity contribution >= 4 is 31.9 Å². The summed E-state index contributed by atoms with van der Waals surface area (Å²) in [5, 5.41) is 17.8. The van der Waals surface area contributed by atoms with Crippen LogP contribution in [0.25, 0.3) is 0 Å². The maximum atomic E-state index is 8.94. The molecule has 2 unspecified atom stereocenters. The molecule has 0 aromatic heterocycles. The summed E-state index contributed by atoms with van der Waals surface area (Å²) in [5.74, 6) is 0.394. The van der Waals surface area contributed by atoms with Gasteiger partial charge < -0.3 is 0 Å². The van der Waals surface area contributed by atoms with Gasteiger partial charge in [0.25, 0.3) is 0 Å². The third kappa shape index (κ3) is 4.08. The molecule has 106 valence electrons. The van der Waals surface area contributed by atoms with Crippen molar-refractivity contribution < 1.29 is 0 Å². The molecule has 0 fully saturated rings. The van der Waals surface area contributed by atoms with Gasteiger partial charge in [-0.25, -0.2) is 0 Å². The third-order valence-corrected chi connectivity index (χ3v) is 4.47. The maximum Gasteiger partial charge on any atom is 0.0951 e. The fraction of sp³-hybridized carbons (Fsp3) is 0.500. The second-order valence-corrected chi connectivity index (χ2v) is 8.23. The lowest BCUT2D eigenvalue weighted by atomic mass is 9.86. The molecule has 20 heavy (non-hydrogen) atoms. The average Bonchev–Trinajstić information content (AvgIpc) is 2.37. The van der Waals surface area contributed by atoms with E-state index in [-0.39, 0.29) is 15.6 Å². The van der Waals surface area contributed by atoms with Crippen molar-refractivity contribution in [3.63, 3.8) is 0 Å². The second kappa shape index (κ2) is 7.81. The summed E-state index contributed by atoms with van der Waals surface area (Å²) in [5.41, 5.74) is 4.74. The minimum Gasteiger partial charge on any atom is -0.198 e. The van der Waals surface area contributed by atoms with Gasteiger partial charge in [0.1, 0.15) is 0 Å². The van der Waals surface area contributed by atoms with E-state index in [4.69, 9.17) is 10.5 Å². The minimum atomic E-state index is 0.0754. The van der Waals surface area contributed by atoms with E-state index in [0.717, 1.165) is 0 Å². The van der Waals surface area contributed by atoms with Crippen molar-refractivity contribution in [3.8, 4) is 12.1 Å². The predicted molar refractivity (Wildman–Crippen MR) is 89.1 cm³/mol. The minimum absolute atomic E-state index is 0.0754. The highest BCUT2D eigenvalue weighted by atomic mass is 79.9. The summed E-state index contributed by atoms with van der Waals surface area (Å²) in [7, 11) is 0. The van der Waals surface area contributed by atoms with E-state index >= 15 is 0 Å². The van der Waals surface area contributed by atoms with Crippen LogP contribution in [0.3, 0.4) is 0 Å². The average molecular weight is 398 g/mol. The molecule has 2 nitrogen and oxygen atoms in total. The number of rotatable bonds is 5. The van der Waals surface area contributed by atoms with Gasteiger partial charge in [-0.3, -0.25) is 0 Å². The molecular weight excluding hydrogens is 380 g/mol. The van der Waals surface area contributed by atoms with Crippen LogP contribution in [0.15, 0.2) is 12.1 Å². The lowest BCUT2D eigenvalue weighted by molar-refractivity contribution is 0.754. The number of aryl methyl sites for hydroxylation is 1. The Labute approximate surface area is 138 Å². The summed E-state index contributed by atoms with van der Waals surface area (Å²) in [6.07, 6.45) is 1.01. The van der Waals surface area contributed by atoms with Gasteiger partial charge in [0, 0.05) is 12.8 Å². The van der Waals surface area contributed by atoms with Crippen molar-refractivity contribution in [2.24, 2.45) is 0 Å². The Morgan fingerprint density at radius 3 is 2.10 bits per heavy atom. The van der Waals surface area contributed by atoms with Gasteiger partial charge >= 0.3 is 0 Å². The van der Waals surface area contributed by atoms with Crippen molar-refractivity contribution in [1.82, 2.24) is 0 Å². The van der Waals surface area contributed by atoms with E-state index in [9.17, 15) is 0 Å². The van der Waals surface area contributed by atoms with Gasteiger partial charge in [0.2, 0.25) is 0 Å². The maximum absolute atomic E-state index is 8.94. The lowest BCUT2D eigenvalue weighted by Gasteiger charge is -2.21. The van der Waals surface area contributed by atoms with E-state index in [0.29, 0.717) is 12.8 Å². The van der Waals surface area contributed by atoms with Crippen LogP contribution in [0.5, 0.6) is 0 Å². The van der Waals surface area contributed by atoms with Gasteiger partial charge in [-0.2, -0.15) is 10.5 Å². The summed E-state index contributed by atoms with van der Waals surface area (Å²) in [6.45, 7) is 6.22. The topological polar surface area (TPSA) is 47.6 Å². The monoisotopic (exact) mass is 396 g/mol.